The van der Waals surface area contributed by atoms with Gasteiger partial charge in [-0.1, -0.05) is 32.9 Å². The number of fused-ring (bicyclic) bond motifs is 2. The summed E-state index contributed by atoms with van der Waals surface area (Å²) < 4.78 is 14.6. The fourth-order valence-electron chi connectivity index (χ4n) is 4.51. The van der Waals surface area contributed by atoms with Crippen LogP contribution in [0.3, 0.4) is 0 Å². The van der Waals surface area contributed by atoms with Gasteiger partial charge in [0, 0.05) is 17.5 Å². The Labute approximate surface area is 154 Å². The molecule has 1 aliphatic carbocycles. The van der Waals surface area contributed by atoms with E-state index in [2.05, 4.69) is 4.90 Å². The van der Waals surface area contributed by atoms with Crippen molar-refractivity contribution in [3.05, 3.63) is 35.1 Å². The molecule has 1 amide bonds. The number of rotatable bonds is 3. The number of carboxylic acid groups (broad SMARTS) is 1. The molecule has 1 aromatic carbocycles. The van der Waals surface area contributed by atoms with Gasteiger partial charge in [0.2, 0.25) is 5.91 Å². The average molecular weight is 361 g/mol. The summed E-state index contributed by atoms with van der Waals surface area (Å²) in [5.41, 5.74) is 0.0719. The van der Waals surface area contributed by atoms with Crippen LogP contribution in [0.15, 0.2) is 18.2 Å². The van der Waals surface area contributed by atoms with E-state index in [9.17, 15) is 14.0 Å². The molecule has 2 bridgehead atoms. The second kappa shape index (κ2) is 7.01. The van der Waals surface area contributed by atoms with E-state index in [1.165, 1.54) is 6.07 Å². The summed E-state index contributed by atoms with van der Waals surface area (Å²) in [6.07, 6.45) is 5.37. The molecule has 1 aromatic rings. The van der Waals surface area contributed by atoms with E-state index in [1.807, 2.05) is 20.8 Å². The van der Waals surface area contributed by atoms with Crippen molar-refractivity contribution < 1.29 is 19.1 Å². The molecule has 0 spiro atoms. The smallest absolute Gasteiger partial charge is 0.338 e. The molecule has 2 atom stereocenters. The van der Waals surface area contributed by atoms with Gasteiger partial charge in [-0.2, -0.15) is 0 Å². The van der Waals surface area contributed by atoms with Gasteiger partial charge in [-0.3, -0.25) is 4.79 Å². The fourth-order valence-corrected chi connectivity index (χ4v) is 4.51. The van der Waals surface area contributed by atoms with Gasteiger partial charge in [-0.25, -0.2) is 9.18 Å². The van der Waals surface area contributed by atoms with Crippen molar-refractivity contribution in [3.8, 4) is 0 Å². The van der Waals surface area contributed by atoms with E-state index in [0.717, 1.165) is 38.5 Å². The van der Waals surface area contributed by atoms with Gasteiger partial charge in [0.25, 0.3) is 0 Å². The van der Waals surface area contributed by atoms with Gasteiger partial charge in [0.1, 0.15) is 5.82 Å². The third-order valence-corrected chi connectivity index (χ3v) is 6.18. The number of nitrogens with zero attached hydrogens (tertiary/aromatic N) is 1. The third kappa shape index (κ3) is 3.12. The molecule has 2 aliphatic heterocycles. The summed E-state index contributed by atoms with van der Waals surface area (Å²) in [4.78, 5) is 26.0. The molecule has 1 N–H and O–H groups in total. The highest BCUT2D eigenvalue weighted by Crippen LogP contribution is 2.51. The summed E-state index contributed by atoms with van der Waals surface area (Å²) in [6.45, 7) is 6.04. The molecule has 4 rings (SSSR count). The molecule has 0 aromatic heterocycles. The Kier molecular flexibility index (Phi) is 5.09. The summed E-state index contributed by atoms with van der Waals surface area (Å²) >= 11 is 0. The minimum Gasteiger partial charge on any atom is -0.478 e. The summed E-state index contributed by atoms with van der Waals surface area (Å²) in [7, 11) is 0. The van der Waals surface area contributed by atoms with Gasteiger partial charge in [0.15, 0.2) is 0 Å². The topological polar surface area (TPSA) is 57.6 Å². The lowest BCUT2D eigenvalue weighted by atomic mass is 9.83. The van der Waals surface area contributed by atoms with Gasteiger partial charge in [0.05, 0.1) is 5.56 Å². The van der Waals surface area contributed by atoms with Crippen LogP contribution in [-0.2, 0) is 4.79 Å². The average Bonchev–Trinajstić information content (AvgIpc) is 3.33. The Morgan fingerprint density at radius 3 is 2.23 bits per heavy atom. The lowest BCUT2D eigenvalue weighted by Gasteiger charge is -2.40. The number of benzene rings is 1. The molecule has 4 nitrogen and oxygen atoms in total. The molecule has 5 heteroatoms. The molecule has 142 valence electrons. The molecule has 3 aliphatic rings. The van der Waals surface area contributed by atoms with Gasteiger partial charge < -0.3 is 10.0 Å². The second-order valence-corrected chi connectivity index (χ2v) is 7.84. The van der Waals surface area contributed by atoms with Crippen LogP contribution < -0.4 is 0 Å². The van der Waals surface area contributed by atoms with Crippen molar-refractivity contribution in [3.63, 3.8) is 0 Å². The first-order valence-electron chi connectivity index (χ1n) is 9.75. The van der Waals surface area contributed by atoms with Crippen LogP contribution in [0.5, 0.6) is 0 Å². The summed E-state index contributed by atoms with van der Waals surface area (Å²) in [5, 5.41) is 9.12. The number of hydrogen-bond donors (Lipinski definition) is 1. The first-order valence-corrected chi connectivity index (χ1v) is 9.75. The van der Waals surface area contributed by atoms with Crippen molar-refractivity contribution >= 4 is 11.9 Å². The third-order valence-electron chi connectivity index (χ3n) is 6.18. The van der Waals surface area contributed by atoms with Crippen molar-refractivity contribution in [2.45, 2.75) is 77.3 Å². The van der Waals surface area contributed by atoms with E-state index in [0.29, 0.717) is 5.56 Å². The van der Waals surface area contributed by atoms with Crippen LogP contribution in [0.1, 0.15) is 81.1 Å². The minimum atomic E-state index is -1.23. The van der Waals surface area contributed by atoms with E-state index >= 15 is 0 Å². The Hall–Kier alpha value is -1.91. The maximum atomic E-state index is 14.6. The van der Waals surface area contributed by atoms with Crippen molar-refractivity contribution in [2.24, 2.45) is 5.41 Å². The van der Waals surface area contributed by atoms with Crippen LogP contribution in [0.2, 0.25) is 0 Å². The number of carbonyl (C=O) groups excluding carboxylic acids is 1. The number of aromatic carboxylic acids is 1. The van der Waals surface area contributed by atoms with E-state index < -0.39 is 11.8 Å². The number of carboxylic acids is 1. The largest absolute Gasteiger partial charge is 0.478 e. The predicted octanol–water partition coefficient (Wildman–Crippen LogP) is 4.59. The molecule has 1 saturated carbocycles. The molecule has 0 radical (unpaired) electrons. The first-order chi connectivity index (χ1) is 12.4. The van der Waals surface area contributed by atoms with Gasteiger partial charge in [-0.05, 0) is 56.1 Å². The molecule has 3 fully saturated rings. The van der Waals surface area contributed by atoms with Gasteiger partial charge >= 0.3 is 5.97 Å². The molecule has 2 unspecified atom stereocenters. The number of amides is 1. The predicted molar refractivity (Wildman–Crippen MR) is 97.7 cm³/mol. The first kappa shape index (κ1) is 18.9. The Balaban J connectivity index is 0.000000948. The van der Waals surface area contributed by atoms with Crippen LogP contribution in [-0.4, -0.2) is 34.0 Å². The lowest BCUT2D eigenvalue weighted by Crippen LogP contribution is -2.48. The number of halogens is 1. The van der Waals surface area contributed by atoms with Crippen molar-refractivity contribution in [1.29, 1.82) is 0 Å². The Morgan fingerprint density at radius 2 is 1.73 bits per heavy atom. The second-order valence-electron chi connectivity index (χ2n) is 7.84. The van der Waals surface area contributed by atoms with Gasteiger partial charge in [-0.15, -0.1) is 0 Å². The zero-order valence-corrected chi connectivity index (χ0v) is 15.8. The molecular weight excluding hydrogens is 333 g/mol. The Bertz CT molecular complexity index is 699. The monoisotopic (exact) mass is 361 g/mol. The normalized spacial score (nSPS) is 28.2. The number of hydrogen-bond acceptors (Lipinski definition) is 2. The molecular formula is C21H28FNO3. The van der Waals surface area contributed by atoms with Crippen molar-refractivity contribution in [1.82, 2.24) is 4.90 Å². The van der Waals surface area contributed by atoms with E-state index in [-0.39, 0.29) is 34.9 Å². The fraction of sp³-hybridized carbons (Fsp3) is 0.619. The quantitative estimate of drug-likeness (QED) is 0.857. The number of piperidine rings is 1. The maximum absolute atomic E-state index is 14.6. The van der Waals surface area contributed by atoms with Crippen molar-refractivity contribution in [2.75, 3.05) is 0 Å². The summed E-state index contributed by atoms with van der Waals surface area (Å²) in [5.74, 6) is -1.57. The molecule has 2 heterocycles. The van der Waals surface area contributed by atoms with E-state index in [1.54, 1.807) is 12.1 Å². The van der Waals surface area contributed by atoms with Crippen LogP contribution in [0, 0.1) is 11.2 Å². The minimum absolute atomic E-state index is 0.00198. The van der Waals surface area contributed by atoms with Crippen LogP contribution in [0.25, 0.3) is 0 Å². The highest BCUT2D eigenvalue weighted by molar-refractivity contribution is 5.88. The highest BCUT2D eigenvalue weighted by Gasteiger charge is 2.53. The lowest BCUT2D eigenvalue weighted by molar-refractivity contribution is -0.141. The maximum Gasteiger partial charge on any atom is 0.338 e. The summed E-state index contributed by atoms with van der Waals surface area (Å²) in [6, 6.07) is 4.97. The number of carbonyl (C=O) groups is 2. The zero-order chi connectivity index (χ0) is 19.1. The van der Waals surface area contributed by atoms with E-state index in [4.69, 9.17) is 5.11 Å². The van der Waals surface area contributed by atoms with Crippen LogP contribution in [0.4, 0.5) is 4.39 Å². The Morgan fingerprint density at radius 1 is 1.15 bits per heavy atom. The molecule has 26 heavy (non-hydrogen) atoms. The highest BCUT2D eigenvalue weighted by atomic mass is 19.1. The molecule has 2 saturated heterocycles. The van der Waals surface area contributed by atoms with Crippen LogP contribution >= 0.6 is 0 Å². The SMILES string of the molecule is CC.CC1(C(=O)N2C3CCC2CC(c2cccc(C(=O)O)c2F)C3)CC1. The standard InChI is InChI=1S/C19H22FNO3.C2H6/c1-19(7-8-19)18(24)21-12-5-6-13(21)10-11(9-12)14-3-2-4-15(16(14)20)17(22)23;1-2/h2-4,11-13H,5-10H2,1H3,(H,22,23);1-2H3. The zero-order valence-electron chi connectivity index (χ0n) is 15.8.